The molecule has 0 amide bonds. The Hall–Kier alpha value is -3.06. The Kier molecular flexibility index (Phi) is 4.16. The normalized spacial score (nSPS) is 15.6. The molecule has 3 heterocycles. The van der Waals surface area contributed by atoms with E-state index in [-0.39, 0.29) is 0 Å². The van der Waals surface area contributed by atoms with Crippen LogP contribution in [-0.4, -0.2) is 64.9 Å². The molecule has 4 aromatic rings. The minimum Gasteiger partial charge on any atom is -0.497 e. The van der Waals surface area contributed by atoms with Crippen LogP contribution in [0.2, 0.25) is 0 Å². The lowest BCUT2D eigenvalue weighted by Gasteiger charge is -2.35. The zero-order chi connectivity index (χ0) is 19.1. The molecular weight excluding hydrogens is 352 g/mol. The van der Waals surface area contributed by atoms with E-state index in [2.05, 4.69) is 50.1 Å². The molecule has 0 saturated carbocycles. The molecule has 1 aliphatic rings. The van der Waals surface area contributed by atoms with Gasteiger partial charge in [0.2, 0.25) is 0 Å². The van der Waals surface area contributed by atoms with Crippen LogP contribution in [0, 0.1) is 0 Å². The minimum absolute atomic E-state index is 0.777. The largest absolute Gasteiger partial charge is 0.497 e. The predicted molar refractivity (Wildman–Crippen MR) is 112 cm³/mol. The van der Waals surface area contributed by atoms with Crippen molar-refractivity contribution in [2.24, 2.45) is 0 Å². The number of rotatable bonds is 4. The first kappa shape index (κ1) is 17.1. The third-order valence-electron chi connectivity index (χ3n) is 5.64. The summed E-state index contributed by atoms with van der Waals surface area (Å²) >= 11 is 0. The van der Waals surface area contributed by atoms with Gasteiger partial charge >= 0.3 is 0 Å². The lowest BCUT2D eigenvalue weighted by molar-refractivity contribution is 0.271. The highest BCUT2D eigenvalue weighted by molar-refractivity contribution is 5.94. The Morgan fingerprint density at radius 3 is 2.68 bits per heavy atom. The van der Waals surface area contributed by atoms with Gasteiger partial charge in [-0.15, -0.1) is 0 Å². The average molecular weight is 376 g/mol. The number of likely N-dealkylation sites (N-methyl/N-ethyl adjacent to an activating group) is 1. The SMILES string of the molecule is CCN1CCN(c2ccc3nc(-c4n[nH]c5cc(OC)ccc45)[nH]c3c2)CC1. The van der Waals surface area contributed by atoms with Crippen molar-refractivity contribution in [1.29, 1.82) is 0 Å². The number of nitrogens with zero attached hydrogens (tertiary/aromatic N) is 4. The number of hydrogen-bond donors (Lipinski definition) is 2. The van der Waals surface area contributed by atoms with Crippen molar-refractivity contribution in [3.63, 3.8) is 0 Å². The first-order valence-electron chi connectivity index (χ1n) is 9.74. The number of benzene rings is 2. The summed E-state index contributed by atoms with van der Waals surface area (Å²) in [6.45, 7) is 7.71. The molecular formula is C21H24N6O. The quantitative estimate of drug-likeness (QED) is 0.572. The van der Waals surface area contributed by atoms with E-state index in [0.717, 1.165) is 71.9 Å². The smallest absolute Gasteiger partial charge is 0.159 e. The molecule has 1 fully saturated rings. The second-order valence-corrected chi connectivity index (χ2v) is 7.19. The summed E-state index contributed by atoms with van der Waals surface area (Å²) in [6.07, 6.45) is 0. The Balaban J connectivity index is 1.47. The van der Waals surface area contributed by atoms with Gasteiger partial charge in [-0.1, -0.05) is 6.92 Å². The fourth-order valence-corrected chi connectivity index (χ4v) is 3.93. The fraction of sp³-hybridized carbons (Fsp3) is 0.333. The Morgan fingerprint density at radius 1 is 1.04 bits per heavy atom. The van der Waals surface area contributed by atoms with Crippen molar-refractivity contribution in [2.75, 3.05) is 44.7 Å². The van der Waals surface area contributed by atoms with Gasteiger partial charge in [0.15, 0.2) is 5.82 Å². The monoisotopic (exact) mass is 376 g/mol. The van der Waals surface area contributed by atoms with E-state index in [9.17, 15) is 0 Å². The van der Waals surface area contributed by atoms with Gasteiger partial charge in [-0.05, 0) is 36.9 Å². The van der Waals surface area contributed by atoms with Crippen LogP contribution in [0.5, 0.6) is 5.75 Å². The number of piperazine rings is 1. The van der Waals surface area contributed by atoms with Crippen LogP contribution >= 0.6 is 0 Å². The third-order valence-corrected chi connectivity index (χ3v) is 5.64. The summed E-state index contributed by atoms with van der Waals surface area (Å²) < 4.78 is 5.29. The maximum Gasteiger partial charge on any atom is 0.159 e. The molecule has 2 aromatic carbocycles. The van der Waals surface area contributed by atoms with Crippen molar-refractivity contribution < 1.29 is 4.74 Å². The predicted octanol–water partition coefficient (Wildman–Crippen LogP) is 3.26. The Morgan fingerprint density at radius 2 is 1.89 bits per heavy atom. The van der Waals surface area contributed by atoms with E-state index in [1.807, 2.05) is 18.2 Å². The maximum atomic E-state index is 5.29. The van der Waals surface area contributed by atoms with Crippen LogP contribution in [-0.2, 0) is 0 Å². The van der Waals surface area contributed by atoms with Gasteiger partial charge in [0.05, 0.1) is 23.7 Å². The molecule has 2 N–H and O–H groups in total. The summed E-state index contributed by atoms with van der Waals surface area (Å²) in [4.78, 5) is 13.2. The highest BCUT2D eigenvalue weighted by atomic mass is 16.5. The number of H-pyrrole nitrogens is 2. The molecule has 1 aliphatic heterocycles. The molecule has 7 heteroatoms. The summed E-state index contributed by atoms with van der Waals surface area (Å²) in [5.41, 5.74) is 5.00. The zero-order valence-electron chi connectivity index (χ0n) is 16.2. The van der Waals surface area contributed by atoms with Crippen molar-refractivity contribution in [2.45, 2.75) is 6.92 Å². The summed E-state index contributed by atoms with van der Waals surface area (Å²) in [6, 6.07) is 12.4. The Labute approximate surface area is 163 Å². The molecule has 1 saturated heterocycles. The average Bonchev–Trinajstić information content (AvgIpc) is 3.36. The standard InChI is InChI=1S/C21H24N6O/c1-3-26-8-10-27(11-9-26)14-4-7-17-19(12-14)23-21(22-17)20-16-6-5-15(28-2)13-18(16)24-25-20/h4-7,12-13H,3,8-11H2,1-2H3,(H,22,23)(H,24,25). The van der Waals surface area contributed by atoms with Gasteiger partial charge in [-0.3, -0.25) is 5.10 Å². The topological polar surface area (TPSA) is 73.1 Å². The minimum atomic E-state index is 0.777. The molecule has 0 aliphatic carbocycles. The van der Waals surface area contributed by atoms with E-state index in [0.29, 0.717) is 0 Å². The van der Waals surface area contributed by atoms with Crippen LogP contribution in [0.4, 0.5) is 5.69 Å². The van der Waals surface area contributed by atoms with E-state index in [4.69, 9.17) is 9.72 Å². The van der Waals surface area contributed by atoms with E-state index < -0.39 is 0 Å². The van der Waals surface area contributed by atoms with Crippen molar-refractivity contribution in [3.05, 3.63) is 36.4 Å². The van der Waals surface area contributed by atoms with Crippen LogP contribution in [0.1, 0.15) is 6.92 Å². The highest BCUT2D eigenvalue weighted by Crippen LogP contribution is 2.29. The molecule has 144 valence electrons. The second kappa shape index (κ2) is 6.83. The maximum absolute atomic E-state index is 5.29. The van der Waals surface area contributed by atoms with Crippen LogP contribution in [0.15, 0.2) is 36.4 Å². The van der Waals surface area contributed by atoms with E-state index in [1.165, 1.54) is 5.69 Å². The molecule has 0 bridgehead atoms. The summed E-state index contributed by atoms with van der Waals surface area (Å²) in [5.74, 6) is 1.58. The first-order valence-corrected chi connectivity index (χ1v) is 9.74. The number of imidazole rings is 1. The number of anilines is 1. The highest BCUT2D eigenvalue weighted by Gasteiger charge is 2.17. The number of hydrogen-bond acceptors (Lipinski definition) is 5. The molecule has 0 unspecified atom stereocenters. The Bertz CT molecular complexity index is 1120. The van der Waals surface area contributed by atoms with Crippen molar-refractivity contribution in [3.8, 4) is 17.3 Å². The van der Waals surface area contributed by atoms with E-state index in [1.54, 1.807) is 7.11 Å². The van der Waals surface area contributed by atoms with Gasteiger partial charge in [0.1, 0.15) is 11.4 Å². The second-order valence-electron chi connectivity index (χ2n) is 7.19. The molecule has 0 spiro atoms. The molecule has 0 radical (unpaired) electrons. The van der Waals surface area contributed by atoms with Gasteiger partial charge in [0.25, 0.3) is 0 Å². The number of aromatic amines is 2. The fourth-order valence-electron chi connectivity index (χ4n) is 3.93. The zero-order valence-corrected chi connectivity index (χ0v) is 16.2. The molecule has 5 rings (SSSR count). The molecule has 0 atom stereocenters. The molecule has 2 aromatic heterocycles. The van der Waals surface area contributed by atoms with Crippen molar-refractivity contribution >= 4 is 27.6 Å². The number of aromatic nitrogens is 4. The number of nitrogens with one attached hydrogen (secondary N) is 2. The van der Waals surface area contributed by atoms with Crippen molar-refractivity contribution in [1.82, 2.24) is 25.1 Å². The van der Waals surface area contributed by atoms with Gasteiger partial charge < -0.3 is 19.5 Å². The van der Waals surface area contributed by atoms with Gasteiger partial charge in [-0.2, -0.15) is 5.10 Å². The van der Waals surface area contributed by atoms with Crippen LogP contribution < -0.4 is 9.64 Å². The number of ether oxygens (including phenoxy) is 1. The molecule has 28 heavy (non-hydrogen) atoms. The first-order chi connectivity index (χ1) is 13.7. The van der Waals surface area contributed by atoms with Crippen LogP contribution in [0.3, 0.4) is 0 Å². The van der Waals surface area contributed by atoms with Gasteiger partial charge in [0, 0.05) is 43.3 Å². The third kappa shape index (κ3) is 2.88. The number of methoxy groups -OCH3 is 1. The van der Waals surface area contributed by atoms with E-state index >= 15 is 0 Å². The number of fused-ring (bicyclic) bond motifs is 2. The lowest BCUT2D eigenvalue weighted by atomic mass is 10.2. The summed E-state index contributed by atoms with van der Waals surface area (Å²) in [7, 11) is 1.66. The lowest BCUT2D eigenvalue weighted by Crippen LogP contribution is -2.46. The van der Waals surface area contributed by atoms with Crippen LogP contribution in [0.25, 0.3) is 33.5 Å². The van der Waals surface area contributed by atoms with Gasteiger partial charge in [-0.25, -0.2) is 4.98 Å². The summed E-state index contributed by atoms with van der Waals surface area (Å²) in [5, 5.41) is 8.58. The molecule has 7 nitrogen and oxygen atoms in total.